The molecule has 0 radical (unpaired) electrons. The third-order valence-corrected chi connectivity index (χ3v) is 3.88. The quantitative estimate of drug-likeness (QED) is 0.707. The average Bonchev–Trinajstić information content (AvgIpc) is 2.44. The SMILES string of the molecule is COCCOc1ccc(CNC(=O)C(C)C2CNC2)cc1. The summed E-state index contributed by atoms with van der Waals surface area (Å²) in [5.41, 5.74) is 1.07. The monoisotopic (exact) mass is 292 g/mol. The molecule has 1 heterocycles. The third kappa shape index (κ3) is 4.72. The second-order valence-corrected chi connectivity index (χ2v) is 5.41. The topological polar surface area (TPSA) is 59.6 Å². The van der Waals surface area contributed by atoms with Crippen molar-refractivity contribution < 1.29 is 14.3 Å². The van der Waals surface area contributed by atoms with Crippen molar-refractivity contribution >= 4 is 5.91 Å². The molecule has 2 N–H and O–H groups in total. The van der Waals surface area contributed by atoms with Crippen LogP contribution in [0.2, 0.25) is 0 Å². The van der Waals surface area contributed by atoms with Gasteiger partial charge >= 0.3 is 0 Å². The number of amides is 1. The van der Waals surface area contributed by atoms with Crippen LogP contribution in [0.4, 0.5) is 0 Å². The zero-order valence-corrected chi connectivity index (χ0v) is 12.7. The number of hydrogen-bond donors (Lipinski definition) is 2. The maximum absolute atomic E-state index is 12.0. The predicted molar refractivity (Wildman–Crippen MR) is 81.2 cm³/mol. The number of ether oxygens (including phenoxy) is 2. The van der Waals surface area contributed by atoms with E-state index in [-0.39, 0.29) is 11.8 Å². The Hall–Kier alpha value is -1.59. The van der Waals surface area contributed by atoms with E-state index in [2.05, 4.69) is 10.6 Å². The van der Waals surface area contributed by atoms with Crippen LogP contribution in [0.15, 0.2) is 24.3 Å². The maximum atomic E-state index is 12.0. The van der Waals surface area contributed by atoms with Crippen molar-refractivity contribution in [2.75, 3.05) is 33.4 Å². The summed E-state index contributed by atoms with van der Waals surface area (Å²) in [5, 5.41) is 6.19. The number of nitrogens with one attached hydrogen (secondary N) is 2. The number of carbonyl (C=O) groups excluding carboxylic acids is 1. The van der Waals surface area contributed by atoms with Gasteiger partial charge in [-0.2, -0.15) is 0 Å². The Kier molecular flexibility index (Phi) is 6.02. The van der Waals surface area contributed by atoms with Crippen molar-refractivity contribution in [3.63, 3.8) is 0 Å². The molecule has 1 aromatic rings. The van der Waals surface area contributed by atoms with Crippen molar-refractivity contribution in [1.82, 2.24) is 10.6 Å². The Bertz CT molecular complexity index is 443. The van der Waals surface area contributed by atoms with E-state index in [1.807, 2.05) is 31.2 Å². The Morgan fingerprint density at radius 2 is 2.05 bits per heavy atom. The lowest BCUT2D eigenvalue weighted by molar-refractivity contribution is -0.126. The molecule has 116 valence electrons. The number of methoxy groups -OCH3 is 1. The van der Waals surface area contributed by atoms with Gasteiger partial charge in [0.25, 0.3) is 0 Å². The summed E-state index contributed by atoms with van der Waals surface area (Å²) in [6, 6.07) is 7.77. The van der Waals surface area contributed by atoms with Crippen molar-refractivity contribution in [3.05, 3.63) is 29.8 Å². The van der Waals surface area contributed by atoms with Crippen molar-refractivity contribution in [3.8, 4) is 5.75 Å². The molecule has 5 heteroatoms. The number of benzene rings is 1. The van der Waals surface area contributed by atoms with Gasteiger partial charge < -0.3 is 20.1 Å². The molecule has 1 aliphatic rings. The molecule has 1 unspecified atom stereocenters. The third-order valence-electron chi connectivity index (χ3n) is 3.88. The normalized spacial score (nSPS) is 16.1. The first kappa shape index (κ1) is 15.8. The van der Waals surface area contributed by atoms with Crippen LogP contribution in [0.25, 0.3) is 0 Å². The Morgan fingerprint density at radius 3 is 2.62 bits per heavy atom. The van der Waals surface area contributed by atoms with E-state index in [1.54, 1.807) is 7.11 Å². The molecule has 2 rings (SSSR count). The second kappa shape index (κ2) is 8.00. The first-order valence-corrected chi connectivity index (χ1v) is 7.40. The van der Waals surface area contributed by atoms with Crippen LogP contribution in [-0.4, -0.2) is 39.3 Å². The second-order valence-electron chi connectivity index (χ2n) is 5.41. The number of carbonyl (C=O) groups is 1. The maximum Gasteiger partial charge on any atom is 0.223 e. The first-order valence-electron chi connectivity index (χ1n) is 7.40. The highest BCUT2D eigenvalue weighted by Gasteiger charge is 2.28. The average molecular weight is 292 g/mol. The Labute approximate surface area is 126 Å². The van der Waals surface area contributed by atoms with Crippen LogP contribution in [-0.2, 0) is 16.1 Å². The van der Waals surface area contributed by atoms with E-state index in [4.69, 9.17) is 9.47 Å². The molecule has 1 atom stereocenters. The van der Waals surface area contributed by atoms with Gasteiger partial charge in [0.15, 0.2) is 0 Å². The summed E-state index contributed by atoms with van der Waals surface area (Å²) < 4.78 is 10.4. The Balaban J connectivity index is 1.73. The highest BCUT2D eigenvalue weighted by Crippen LogP contribution is 2.16. The van der Waals surface area contributed by atoms with Gasteiger partial charge in [-0.25, -0.2) is 0 Å². The van der Waals surface area contributed by atoms with Gasteiger partial charge in [0.1, 0.15) is 12.4 Å². The van der Waals surface area contributed by atoms with E-state index in [0.717, 1.165) is 24.4 Å². The fraction of sp³-hybridized carbons (Fsp3) is 0.562. The molecular formula is C16H24N2O3. The molecule has 0 aromatic heterocycles. The number of rotatable bonds is 8. The van der Waals surface area contributed by atoms with Crippen molar-refractivity contribution in [2.45, 2.75) is 13.5 Å². The molecule has 5 nitrogen and oxygen atoms in total. The van der Waals surface area contributed by atoms with Crippen LogP contribution in [0.3, 0.4) is 0 Å². The minimum atomic E-state index is 0.0721. The highest BCUT2D eigenvalue weighted by molar-refractivity contribution is 5.78. The first-order chi connectivity index (χ1) is 10.2. The highest BCUT2D eigenvalue weighted by atomic mass is 16.5. The van der Waals surface area contributed by atoms with E-state index in [9.17, 15) is 4.79 Å². The molecule has 0 bridgehead atoms. The molecule has 0 spiro atoms. The smallest absolute Gasteiger partial charge is 0.223 e. The molecule has 0 saturated carbocycles. The van der Waals surface area contributed by atoms with Crippen LogP contribution < -0.4 is 15.4 Å². The Morgan fingerprint density at radius 1 is 1.33 bits per heavy atom. The van der Waals surface area contributed by atoms with Gasteiger partial charge in [0.2, 0.25) is 5.91 Å². The van der Waals surface area contributed by atoms with E-state index < -0.39 is 0 Å². The molecule has 1 aliphatic heterocycles. The van der Waals surface area contributed by atoms with E-state index >= 15 is 0 Å². The minimum absolute atomic E-state index is 0.0721. The summed E-state index contributed by atoms with van der Waals surface area (Å²) in [6.07, 6.45) is 0. The summed E-state index contributed by atoms with van der Waals surface area (Å²) >= 11 is 0. The number of hydrogen-bond acceptors (Lipinski definition) is 4. The van der Waals surface area contributed by atoms with E-state index in [1.165, 1.54) is 0 Å². The van der Waals surface area contributed by atoms with Crippen molar-refractivity contribution in [1.29, 1.82) is 0 Å². The molecular weight excluding hydrogens is 268 g/mol. The molecule has 1 aromatic carbocycles. The van der Waals surface area contributed by atoms with Gasteiger partial charge in [-0.15, -0.1) is 0 Å². The zero-order chi connectivity index (χ0) is 15.1. The van der Waals surface area contributed by atoms with Crippen LogP contribution in [0.1, 0.15) is 12.5 Å². The fourth-order valence-electron chi connectivity index (χ4n) is 2.18. The summed E-state index contributed by atoms with van der Waals surface area (Å²) in [4.78, 5) is 12.0. The lowest BCUT2D eigenvalue weighted by Crippen LogP contribution is -2.49. The van der Waals surface area contributed by atoms with Gasteiger partial charge in [-0.1, -0.05) is 19.1 Å². The summed E-state index contributed by atoms with van der Waals surface area (Å²) in [5.74, 6) is 1.49. The van der Waals surface area contributed by atoms with Crippen molar-refractivity contribution in [2.24, 2.45) is 11.8 Å². The largest absolute Gasteiger partial charge is 0.491 e. The molecule has 1 amide bonds. The van der Waals surface area contributed by atoms with E-state index in [0.29, 0.717) is 25.7 Å². The van der Waals surface area contributed by atoms with Gasteiger partial charge in [0, 0.05) is 19.6 Å². The fourth-order valence-corrected chi connectivity index (χ4v) is 2.18. The molecule has 21 heavy (non-hydrogen) atoms. The van der Waals surface area contributed by atoms with Gasteiger partial charge in [-0.3, -0.25) is 4.79 Å². The summed E-state index contributed by atoms with van der Waals surface area (Å²) in [7, 11) is 1.65. The molecule has 1 fully saturated rings. The van der Waals surface area contributed by atoms with Crippen LogP contribution in [0, 0.1) is 11.8 Å². The lowest BCUT2D eigenvalue weighted by Gasteiger charge is -2.31. The molecule has 0 aliphatic carbocycles. The lowest BCUT2D eigenvalue weighted by atomic mass is 9.88. The summed E-state index contributed by atoms with van der Waals surface area (Å²) in [6.45, 7) is 5.56. The predicted octanol–water partition coefficient (Wildman–Crippen LogP) is 1.18. The van der Waals surface area contributed by atoms with Gasteiger partial charge in [-0.05, 0) is 36.7 Å². The molecule has 1 saturated heterocycles. The van der Waals surface area contributed by atoms with Gasteiger partial charge in [0.05, 0.1) is 6.61 Å². The van der Waals surface area contributed by atoms with Crippen LogP contribution in [0.5, 0.6) is 5.75 Å². The standard InChI is InChI=1S/C16H24N2O3/c1-12(14-10-17-11-14)16(19)18-9-13-3-5-15(6-4-13)21-8-7-20-2/h3-6,12,14,17H,7-11H2,1-2H3,(H,18,19). The zero-order valence-electron chi connectivity index (χ0n) is 12.7. The van der Waals surface area contributed by atoms with Crippen LogP contribution >= 0.6 is 0 Å². The minimum Gasteiger partial charge on any atom is -0.491 e.